The van der Waals surface area contributed by atoms with Crippen molar-refractivity contribution < 1.29 is 9.18 Å². The maximum absolute atomic E-state index is 13.5. The quantitative estimate of drug-likeness (QED) is 0.425. The fourth-order valence-electron chi connectivity index (χ4n) is 4.73. The highest BCUT2D eigenvalue weighted by atomic mass is 19.1. The first kappa shape index (κ1) is 22.9. The maximum atomic E-state index is 13.5. The molecule has 5 rings (SSSR count). The minimum Gasteiger partial charge on any atom is -0.338 e. The predicted octanol–water partition coefficient (Wildman–Crippen LogP) is 3.82. The van der Waals surface area contributed by atoms with E-state index in [1.807, 2.05) is 36.5 Å². The molecule has 1 aliphatic rings. The minimum absolute atomic E-state index is 0.0289. The lowest BCUT2D eigenvalue weighted by Gasteiger charge is -2.30. The standard InChI is InChI=1S/C26H28FN7O/c1-5-21-22(31-32(4)25(21)18-7-9-19(27)10-8-18)13-20-14-23(29-15-28-20)34-17(3)24(16(2)30-34)26(35)33-11-6-12-33/h7-10,14-15H,5-6,11-13H2,1-4H3. The Bertz CT molecular complexity index is 1400. The molecule has 0 aliphatic carbocycles. The van der Waals surface area contributed by atoms with Crippen molar-refractivity contribution in [1.82, 2.24) is 34.4 Å². The van der Waals surface area contributed by atoms with E-state index in [0.29, 0.717) is 23.5 Å². The number of aryl methyl sites for hydroxylation is 2. The van der Waals surface area contributed by atoms with Crippen molar-refractivity contribution in [1.29, 1.82) is 0 Å². The van der Waals surface area contributed by atoms with Gasteiger partial charge in [0.1, 0.15) is 12.1 Å². The summed E-state index contributed by atoms with van der Waals surface area (Å²) in [5.41, 5.74) is 6.84. The molecule has 8 nitrogen and oxygen atoms in total. The van der Waals surface area contributed by atoms with Crippen LogP contribution in [0.3, 0.4) is 0 Å². The Balaban J connectivity index is 1.47. The van der Waals surface area contributed by atoms with Crippen molar-refractivity contribution in [2.75, 3.05) is 13.1 Å². The van der Waals surface area contributed by atoms with E-state index in [1.54, 1.807) is 16.8 Å². The molecule has 0 unspecified atom stereocenters. The SMILES string of the molecule is CCc1c(Cc2cc(-n3nc(C)c(C(=O)N4CCC4)c3C)ncn2)nn(C)c1-c1ccc(F)cc1. The van der Waals surface area contributed by atoms with Crippen molar-refractivity contribution in [3.8, 4) is 17.1 Å². The molecule has 3 aromatic heterocycles. The summed E-state index contributed by atoms with van der Waals surface area (Å²) in [6.07, 6.45) is 3.87. The molecule has 1 aromatic carbocycles. The Morgan fingerprint density at radius 1 is 1.09 bits per heavy atom. The van der Waals surface area contributed by atoms with Crippen LogP contribution in [-0.4, -0.2) is 53.4 Å². The van der Waals surface area contributed by atoms with Crippen molar-refractivity contribution in [3.05, 3.63) is 76.4 Å². The van der Waals surface area contributed by atoms with Crippen molar-refractivity contribution in [2.45, 2.75) is 40.0 Å². The maximum Gasteiger partial charge on any atom is 0.257 e. The number of carbonyl (C=O) groups excluding carboxylic acids is 1. The van der Waals surface area contributed by atoms with Gasteiger partial charge in [0.15, 0.2) is 5.82 Å². The van der Waals surface area contributed by atoms with Crippen LogP contribution in [0.25, 0.3) is 17.1 Å². The van der Waals surface area contributed by atoms with Crippen molar-refractivity contribution in [2.24, 2.45) is 7.05 Å². The molecule has 0 atom stereocenters. The Morgan fingerprint density at radius 2 is 1.83 bits per heavy atom. The number of hydrogen-bond donors (Lipinski definition) is 0. The van der Waals surface area contributed by atoms with Gasteiger partial charge in [0.2, 0.25) is 0 Å². The number of rotatable bonds is 6. The molecule has 0 radical (unpaired) electrons. The lowest BCUT2D eigenvalue weighted by atomic mass is 10.0. The van der Waals surface area contributed by atoms with Crippen LogP contribution in [0.1, 0.15) is 52.0 Å². The van der Waals surface area contributed by atoms with E-state index < -0.39 is 0 Å². The zero-order chi connectivity index (χ0) is 24.7. The highest BCUT2D eigenvalue weighted by Gasteiger charge is 2.28. The Hall–Kier alpha value is -3.88. The van der Waals surface area contributed by atoms with E-state index in [0.717, 1.165) is 59.8 Å². The summed E-state index contributed by atoms with van der Waals surface area (Å²) in [5, 5.41) is 9.38. The average Bonchev–Trinajstić information content (AvgIpc) is 3.27. The minimum atomic E-state index is -0.262. The van der Waals surface area contributed by atoms with Gasteiger partial charge in [-0.15, -0.1) is 0 Å². The zero-order valence-corrected chi connectivity index (χ0v) is 20.4. The first-order valence-electron chi connectivity index (χ1n) is 11.8. The van der Waals surface area contributed by atoms with Crippen molar-refractivity contribution >= 4 is 5.91 Å². The molecule has 1 amide bonds. The van der Waals surface area contributed by atoms with Gasteiger partial charge in [-0.05, 0) is 51.0 Å². The monoisotopic (exact) mass is 473 g/mol. The molecule has 1 aliphatic heterocycles. The van der Waals surface area contributed by atoms with E-state index in [-0.39, 0.29) is 11.7 Å². The number of likely N-dealkylation sites (tertiary alicyclic amines) is 1. The van der Waals surface area contributed by atoms with Gasteiger partial charge in [-0.25, -0.2) is 19.0 Å². The fourth-order valence-corrected chi connectivity index (χ4v) is 4.73. The smallest absolute Gasteiger partial charge is 0.257 e. The number of nitrogens with zero attached hydrogens (tertiary/aromatic N) is 7. The summed E-state index contributed by atoms with van der Waals surface area (Å²) in [4.78, 5) is 23.6. The lowest BCUT2D eigenvalue weighted by molar-refractivity contribution is 0.0650. The van der Waals surface area contributed by atoms with E-state index in [4.69, 9.17) is 5.10 Å². The number of carbonyl (C=O) groups is 1. The molecule has 4 heterocycles. The predicted molar refractivity (Wildman–Crippen MR) is 130 cm³/mol. The van der Waals surface area contributed by atoms with Crippen LogP contribution in [0.5, 0.6) is 0 Å². The second-order valence-electron chi connectivity index (χ2n) is 8.91. The summed E-state index contributed by atoms with van der Waals surface area (Å²) >= 11 is 0. The van der Waals surface area contributed by atoms with Crippen LogP contribution in [-0.2, 0) is 19.9 Å². The summed E-state index contributed by atoms with van der Waals surface area (Å²) in [5.74, 6) is 0.383. The molecule has 4 aromatic rings. The van der Waals surface area contributed by atoms with Gasteiger partial charge in [0.25, 0.3) is 5.91 Å². The molecule has 0 bridgehead atoms. The molecule has 0 spiro atoms. The first-order valence-corrected chi connectivity index (χ1v) is 11.8. The molecule has 35 heavy (non-hydrogen) atoms. The normalized spacial score (nSPS) is 13.2. The summed E-state index contributed by atoms with van der Waals surface area (Å²) in [7, 11) is 1.90. The Morgan fingerprint density at radius 3 is 2.49 bits per heavy atom. The number of halogens is 1. The summed E-state index contributed by atoms with van der Waals surface area (Å²) in [6.45, 7) is 7.44. The van der Waals surface area contributed by atoms with Gasteiger partial charge in [-0.2, -0.15) is 10.2 Å². The molecule has 1 saturated heterocycles. The highest BCUT2D eigenvalue weighted by molar-refractivity contribution is 5.97. The number of aromatic nitrogens is 6. The zero-order valence-electron chi connectivity index (χ0n) is 20.4. The molecular weight excluding hydrogens is 445 g/mol. The third-order valence-electron chi connectivity index (χ3n) is 6.62. The Kier molecular flexibility index (Phi) is 5.92. The van der Waals surface area contributed by atoms with E-state index in [2.05, 4.69) is 22.0 Å². The molecule has 0 saturated carbocycles. The van der Waals surface area contributed by atoms with E-state index in [1.165, 1.54) is 18.5 Å². The van der Waals surface area contributed by atoms with Crippen LogP contribution in [0.4, 0.5) is 4.39 Å². The summed E-state index contributed by atoms with van der Waals surface area (Å²) < 4.78 is 17.0. The second kappa shape index (κ2) is 9.05. The third-order valence-corrected chi connectivity index (χ3v) is 6.62. The molecular formula is C26H28FN7O. The van der Waals surface area contributed by atoms with Crippen LogP contribution < -0.4 is 0 Å². The van der Waals surface area contributed by atoms with Gasteiger partial charge < -0.3 is 4.90 Å². The first-order chi connectivity index (χ1) is 16.9. The van der Waals surface area contributed by atoms with Gasteiger partial charge >= 0.3 is 0 Å². The van der Waals surface area contributed by atoms with Gasteiger partial charge in [0.05, 0.1) is 34.0 Å². The molecule has 180 valence electrons. The molecule has 0 N–H and O–H groups in total. The van der Waals surface area contributed by atoms with Gasteiger partial charge in [-0.3, -0.25) is 9.48 Å². The fraction of sp³-hybridized carbons (Fsp3) is 0.346. The number of amides is 1. The third kappa shape index (κ3) is 4.11. The second-order valence-corrected chi connectivity index (χ2v) is 8.91. The van der Waals surface area contributed by atoms with Crippen LogP contribution in [0, 0.1) is 19.7 Å². The lowest BCUT2D eigenvalue weighted by Crippen LogP contribution is -2.42. The van der Waals surface area contributed by atoms with Gasteiger partial charge in [-0.1, -0.05) is 6.92 Å². The van der Waals surface area contributed by atoms with Crippen LogP contribution in [0.15, 0.2) is 36.7 Å². The van der Waals surface area contributed by atoms with Crippen LogP contribution in [0.2, 0.25) is 0 Å². The van der Waals surface area contributed by atoms with E-state index in [9.17, 15) is 9.18 Å². The van der Waals surface area contributed by atoms with Gasteiger partial charge in [0, 0.05) is 43.8 Å². The highest BCUT2D eigenvalue weighted by Crippen LogP contribution is 2.28. The van der Waals surface area contributed by atoms with Crippen LogP contribution >= 0.6 is 0 Å². The largest absolute Gasteiger partial charge is 0.338 e. The molecule has 1 fully saturated rings. The topological polar surface area (TPSA) is 81.7 Å². The molecule has 9 heteroatoms. The number of benzene rings is 1. The summed E-state index contributed by atoms with van der Waals surface area (Å²) in [6, 6.07) is 8.38. The number of hydrogen-bond acceptors (Lipinski definition) is 5. The van der Waals surface area contributed by atoms with Crippen molar-refractivity contribution in [3.63, 3.8) is 0 Å². The average molecular weight is 474 g/mol. The van der Waals surface area contributed by atoms with E-state index >= 15 is 0 Å². The Labute approximate surface area is 203 Å².